The third kappa shape index (κ3) is 3.90. The number of anilines is 1. The maximum Gasteiger partial charge on any atom is 0.255 e. The van der Waals surface area contributed by atoms with Crippen LogP contribution in [-0.4, -0.2) is 23.0 Å². The number of ether oxygens (including phenoxy) is 1. The number of rotatable bonds is 4. The van der Waals surface area contributed by atoms with Gasteiger partial charge >= 0.3 is 0 Å². The molecule has 1 N–H and O–H groups in total. The number of methoxy groups -OCH3 is 1. The third-order valence-corrected chi connectivity index (χ3v) is 3.97. The molecule has 0 radical (unpaired) electrons. The first-order valence-electron chi connectivity index (χ1n) is 7.30. The Morgan fingerprint density at radius 3 is 2.20 bits per heavy atom. The number of benzene rings is 2. The zero-order chi connectivity index (χ0) is 17.8. The van der Waals surface area contributed by atoms with Crippen molar-refractivity contribution >= 4 is 34.8 Å². The van der Waals surface area contributed by atoms with Gasteiger partial charge in [-0.2, -0.15) is 0 Å². The topological polar surface area (TPSA) is 64.1 Å². The summed E-state index contributed by atoms with van der Waals surface area (Å²) in [4.78, 5) is 20.9. The van der Waals surface area contributed by atoms with Crippen molar-refractivity contribution in [1.82, 2.24) is 9.97 Å². The molecule has 7 heteroatoms. The molecule has 5 nitrogen and oxygen atoms in total. The van der Waals surface area contributed by atoms with Crippen molar-refractivity contribution in [3.63, 3.8) is 0 Å². The van der Waals surface area contributed by atoms with Crippen molar-refractivity contribution in [1.29, 1.82) is 0 Å². The van der Waals surface area contributed by atoms with Crippen LogP contribution in [0, 0.1) is 0 Å². The van der Waals surface area contributed by atoms with Gasteiger partial charge in [-0.25, -0.2) is 9.97 Å². The molecule has 3 rings (SSSR count). The Balaban J connectivity index is 1.77. The molecule has 0 aliphatic carbocycles. The number of halogens is 2. The van der Waals surface area contributed by atoms with E-state index in [4.69, 9.17) is 27.9 Å². The normalized spacial score (nSPS) is 10.4. The standard InChI is InChI=1S/C18H13Cl2N3O2/c1-25-16-14(19)7-12(8-15(16)20)18(24)23-13-9-21-17(22-10-13)11-5-3-2-4-6-11/h2-10H,1H3,(H,23,24). The SMILES string of the molecule is COc1c(Cl)cc(C(=O)Nc2cnc(-c3ccccc3)nc2)cc1Cl. The van der Waals surface area contributed by atoms with E-state index in [0.29, 0.717) is 22.8 Å². The molecular weight excluding hydrogens is 361 g/mol. The fourth-order valence-corrected chi connectivity index (χ4v) is 2.86. The summed E-state index contributed by atoms with van der Waals surface area (Å²) in [5, 5.41) is 3.23. The minimum Gasteiger partial charge on any atom is -0.494 e. The van der Waals surface area contributed by atoms with Gasteiger partial charge in [-0.05, 0) is 12.1 Å². The Morgan fingerprint density at radius 2 is 1.64 bits per heavy atom. The molecule has 0 unspecified atom stereocenters. The van der Waals surface area contributed by atoms with Gasteiger partial charge in [0, 0.05) is 11.1 Å². The van der Waals surface area contributed by atoms with E-state index in [1.807, 2.05) is 30.3 Å². The molecule has 3 aromatic rings. The molecule has 0 spiro atoms. The van der Waals surface area contributed by atoms with Crippen LogP contribution in [0.2, 0.25) is 10.0 Å². The van der Waals surface area contributed by atoms with Gasteiger partial charge in [0.05, 0.1) is 35.2 Å². The van der Waals surface area contributed by atoms with Crippen molar-refractivity contribution in [3.05, 3.63) is 70.5 Å². The summed E-state index contributed by atoms with van der Waals surface area (Å²) < 4.78 is 5.07. The Hall–Kier alpha value is -2.63. The van der Waals surface area contributed by atoms with Gasteiger partial charge < -0.3 is 10.1 Å². The molecule has 2 aromatic carbocycles. The Kier molecular flexibility index (Phi) is 5.16. The minimum atomic E-state index is -0.373. The molecule has 0 aliphatic rings. The van der Waals surface area contributed by atoms with Crippen molar-refractivity contribution in [3.8, 4) is 17.1 Å². The average molecular weight is 374 g/mol. The van der Waals surface area contributed by atoms with E-state index < -0.39 is 0 Å². The summed E-state index contributed by atoms with van der Waals surface area (Å²) in [5.74, 6) is 0.534. The van der Waals surface area contributed by atoms with Crippen LogP contribution in [0.1, 0.15) is 10.4 Å². The number of aromatic nitrogens is 2. The summed E-state index contributed by atoms with van der Waals surface area (Å²) in [6.45, 7) is 0. The average Bonchev–Trinajstić information content (AvgIpc) is 2.63. The second-order valence-corrected chi connectivity index (χ2v) is 5.90. The molecule has 0 saturated carbocycles. The van der Waals surface area contributed by atoms with Crippen LogP contribution >= 0.6 is 23.2 Å². The molecule has 0 bridgehead atoms. The summed E-state index contributed by atoms with van der Waals surface area (Å²) in [6.07, 6.45) is 3.08. The van der Waals surface area contributed by atoms with E-state index >= 15 is 0 Å². The summed E-state index contributed by atoms with van der Waals surface area (Å²) in [7, 11) is 1.46. The number of nitrogens with one attached hydrogen (secondary N) is 1. The van der Waals surface area contributed by atoms with Gasteiger partial charge in [0.1, 0.15) is 0 Å². The first-order valence-corrected chi connectivity index (χ1v) is 8.06. The van der Waals surface area contributed by atoms with Crippen LogP contribution < -0.4 is 10.1 Å². The number of carbonyl (C=O) groups excluding carboxylic acids is 1. The minimum absolute atomic E-state index is 0.260. The quantitative estimate of drug-likeness (QED) is 0.718. The molecule has 25 heavy (non-hydrogen) atoms. The smallest absolute Gasteiger partial charge is 0.255 e. The zero-order valence-electron chi connectivity index (χ0n) is 13.2. The monoisotopic (exact) mass is 373 g/mol. The molecule has 0 fully saturated rings. The molecule has 126 valence electrons. The zero-order valence-corrected chi connectivity index (χ0v) is 14.7. The predicted octanol–water partition coefficient (Wildman–Crippen LogP) is 4.71. The summed E-state index contributed by atoms with van der Waals surface area (Å²) in [5.41, 5.74) is 1.67. The lowest BCUT2D eigenvalue weighted by molar-refractivity contribution is 0.102. The van der Waals surface area contributed by atoms with Crippen molar-refractivity contribution < 1.29 is 9.53 Å². The van der Waals surface area contributed by atoms with Crippen LogP contribution in [0.3, 0.4) is 0 Å². The first kappa shape index (κ1) is 17.2. The van der Waals surface area contributed by atoms with E-state index in [-0.39, 0.29) is 16.0 Å². The van der Waals surface area contributed by atoms with E-state index in [1.165, 1.54) is 19.2 Å². The maximum absolute atomic E-state index is 12.3. The maximum atomic E-state index is 12.3. The predicted molar refractivity (Wildman–Crippen MR) is 98.4 cm³/mol. The summed E-state index contributed by atoms with van der Waals surface area (Å²) >= 11 is 12.1. The van der Waals surface area contributed by atoms with Crippen molar-refractivity contribution in [2.24, 2.45) is 0 Å². The molecule has 1 aromatic heterocycles. The molecule has 0 atom stereocenters. The Labute approximate surface area is 154 Å². The fraction of sp³-hybridized carbons (Fsp3) is 0.0556. The van der Waals surface area contributed by atoms with Crippen LogP contribution in [0.25, 0.3) is 11.4 Å². The van der Waals surface area contributed by atoms with E-state index in [2.05, 4.69) is 15.3 Å². The highest BCUT2D eigenvalue weighted by Crippen LogP contribution is 2.34. The first-order chi connectivity index (χ1) is 12.1. The van der Waals surface area contributed by atoms with Crippen LogP contribution in [0.5, 0.6) is 5.75 Å². The second-order valence-electron chi connectivity index (χ2n) is 5.09. The fourth-order valence-electron chi connectivity index (χ4n) is 2.22. The molecule has 1 amide bonds. The van der Waals surface area contributed by atoms with Gasteiger partial charge in [-0.3, -0.25) is 4.79 Å². The van der Waals surface area contributed by atoms with Gasteiger partial charge in [0.2, 0.25) is 0 Å². The molecule has 0 aliphatic heterocycles. The summed E-state index contributed by atoms with van der Waals surface area (Å²) in [6, 6.07) is 12.5. The van der Waals surface area contributed by atoms with Crippen LogP contribution in [-0.2, 0) is 0 Å². The Morgan fingerprint density at radius 1 is 1.04 bits per heavy atom. The van der Waals surface area contributed by atoms with Crippen molar-refractivity contribution in [2.75, 3.05) is 12.4 Å². The lowest BCUT2D eigenvalue weighted by Crippen LogP contribution is -2.12. The van der Waals surface area contributed by atoms with Crippen molar-refractivity contribution in [2.45, 2.75) is 0 Å². The van der Waals surface area contributed by atoms with Gasteiger partial charge in [0.15, 0.2) is 11.6 Å². The number of amides is 1. The third-order valence-electron chi connectivity index (χ3n) is 3.41. The largest absolute Gasteiger partial charge is 0.494 e. The lowest BCUT2D eigenvalue weighted by Gasteiger charge is -2.09. The van der Waals surface area contributed by atoms with E-state index in [0.717, 1.165) is 5.56 Å². The lowest BCUT2D eigenvalue weighted by atomic mass is 10.2. The van der Waals surface area contributed by atoms with Gasteiger partial charge in [-0.15, -0.1) is 0 Å². The molecule has 0 saturated heterocycles. The number of carbonyl (C=O) groups is 1. The van der Waals surface area contributed by atoms with Crippen LogP contribution in [0.15, 0.2) is 54.9 Å². The second kappa shape index (κ2) is 7.51. The highest BCUT2D eigenvalue weighted by Gasteiger charge is 2.14. The highest BCUT2D eigenvalue weighted by atomic mass is 35.5. The number of hydrogen-bond donors (Lipinski definition) is 1. The van der Waals surface area contributed by atoms with Gasteiger partial charge in [0.25, 0.3) is 5.91 Å². The molecular formula is C18H13Cl2N3O2. The van der Waals surface area contributed by atoms with Crippen LogP contribution in [0.4, 0.5) is 5.69 Å². The number of nitrogens with zero attached hydrogens (tertiary/aromatic N) is 2. The van der Waals surface area contributed by atoms with E-state index in [9.17, 15) is 4.79 Å². The molecule has 1 heterocycles. The van der Waals surface area contributed by atoms with Gasteiger partial charge in [-0.1, -0.05) is 53.5 Å². The van der Waals surface area contributed by atoms with E-state index in [1.54, 1.807) is 12.4 Å². The number of hydrogen-bond acceptors (Lipinski definition) is 4. The highest BCUT2D eigenvalue weighted by molar-refractivity contribution is 6.37. The Bertz CT molecular complexity index is 877.